The third-order valence-electron chi connectivity index (χ3n) is 5.19. The number of hydrogen-bond acceptors (Lipinski definition) is 7. The summed E-state index contributed by atoms with van der Waals surface area (Å²) in [6.07, 6.45) is 1.10. The summed E-state index contributed by atoms with van der Waals surface area (Å²) in [6.45, 7) is 2.20. The van der Waals surface area contributed by atoms with Gasteiger partial charge >= 0.3 is 0 Å². The predicted octanol–water partition coefficient (Wildman–Crippen LogP) is 4.55. The van der Waals surface area contributed by atoms with Crippen LogP contribution in [0.25, 0.3) is 21.8 Å². The fourth-order valence-electron chi connectivity index (χ4n) is 3.79. The molecule has 2 N–H and O–H groups in total. The SMILES string of the molecule is COc1cc(NS(C)(=O)=O)ccc1Nc1c2ccc(C)cc2nc2cc3c(cc12)OCO3. The van der Waals surface area contributed by atoms with Crippen LogP contribution < -0.4 is 24.2 Å². The molecule has 0 spiro atoms. The molecular weight excluding hydrogens is 430 g/mol. The Morgan fingerprint density at radius 1 is 0.969 bits per heavy atom. The number of nitrogens with zero attached hydrogens (tertiary/aromatic N) is 1. The van der Waals surface area contributed by atoms with Gasteiger partial charge < -0.3 is 19.5 Å². The molecule has 164 valence electrons. The number of hydrogen-bond donors (Lipinski definition) is 2. The average molecular weight is 452 g/mol. The molecule has 0 bridgehead atoms. The van der Waals surface area contributed by atoms with Crippen molar-refractivity contribution < 1.29 is 22.6 Å². The maximum atomic E-state index is 11.6. The van der Waals surface area contributed by atoms with Gasteiger partial charge in [0.05, 0.1) is 41.5 Å². The number of anilines is 3. The van der Waals surface area contributed by atoms with Crippen molar-refractivity contribution in [1.29, 1.82) is 0 Å². The zero-order valence-corrected chi connectivity index (χ0v) is 18.5. The molecule has 0 radical (unpaired) electrons. The van der Waals surface area contributed by atoms with Crippen LogP contribution in [0.1, 0.15) is 5.56 Å². The number of sulfonamides is 1. The number of aromatic nitrogens is 1. The number of nitrogens with one attached hydrogen (secondary N) is 2. The smallest absolute Gasteiger partial charge is 0.231 e. The molecule has 2 heterocycles. The molecule has 5 rings (SSSR count). The summed E-state index contributed by atoms with van der Waals surface area (Å²) in [7, 11) is -1.86. The van der Waals surface area contributed by atoms with Gasteiger partial charge in [0.2, 0.25) is 16.8 Å². The Balaban J connectivity index is 1.69. The Labute approximate surface area is 185 Å². The lowest BCUT2D eigenvalue weighted by Gasteiger charge is -2.17. The predicted molar refractivity (Wildman–Crippen MR) is 125 cm³/mol. The molecule has 0 saturated heterocycles. The van der Waals surface area contributed by atoms with E-state index in [9.17, 15) is 8.42 Å². The molecule has 0 amide bonds. The van der Waals surface area contributed by atoms with Gasteiger partial charge in [0.15, 0.2) is 11.5 Å². The van der Waals surface area contributed by atoms with Gasteiger partial charge in [-0.25, -0.2) is 13.4 Å². The van der Waals surface area contributed by atoms with Crippen LogP contribution in [-0.2, 0) is 10.0 Å². The van der Waals surface area contributed by atoms with Crippen molar-refractivity contribution in [3.63, 3.8) is 0 Å². The first-order valence-electron chi connectivity index (χ1n) is 9.87. The van der Waals surface area contributed by atoms with Crippen LogP contribution in [0.15, 0.2) is 48.5 Å². The van der Waals surface area contributed by atoms with Crippen LogP contribution in [-0.4, -0.2) is 33.6 Å². The molecule has 0 saturated carbocycles. The van der Waals surface area contributed by atoms with Crippen molar-refractivity contribution in [2.45, 2.75) is 6.92 Å². The van der Waals surface area contributed by atoms with Gasteiger partial charge in [-0.2, -0.15) is 0 Å². The summed E-state index contributed by atoms with van der Waals surface area (Å²) in [6, 6.07) is 15.0. The molecule has 1 aliphatic rings. The topological polar surface area (TPSA) is 98.8 Å². The van der Waals surface area contributed by atoms with E-state index in [2.05, 4.69) is 10.0 Å². The highest BCUT2D eigenvalue weighted by Crippen LogP contribution is 2.42. The van der Waals surface area contributed by atoms with Crippen molar-refractivity contribution in [2.24, 2.45) is 0 Å². The minimum atomic E-state index is -3.40. The number of ether oxygens (including phenoxy) is 3. The van der Waals surface area contributed by atoms with Crippen LogP contribution >= 0.6 is 0 Å². The number of pyridine rings is 1. The van der Waals surface area contributed by atoms with E-state index in [0.717, 1.165) is 39.3 Å². The maximum Gasteiger partial charge on any atom is 0.231 e. The first kappa shape index (κ1) is 20.2. The third-order valence-corrected chi connectivity index (χ3v) is 5.79. The van der Waals surface area contributed by atoms with Gasteiger partial charge in [-0.3, -0.25) is 4.72 Å². The molecule has 4 aromatic rings. The standard InChI is InChI=1S/C23H21N3O5S/c1-13-4-6-15-18(8-13)24-19-11-22-21(30-12-31-22)10-16(19)23(15)25-17-7-5-14(9-20(17)29-2)26-32(3,27)28/h4-11,26H,12H2,1-3H3,(H,24,25). The normalized spacial score (nSPS) is 12.8. The zero-order valence-electron chi connectivity index (χ0n) is 17.7. The fraction of sp³-hybridized carbons (Fsp3) is 0.174. The fourth-order valence-corrected chi connectivity index (χ4v) is 4.34. The summed E-state index contributed by atoms with van der Waals surface area (Å²) in [5.41, 5.74) is 4.64. The summed E-state index contributed by atoms with van der Waals surface area (Å²) < 4.78 is 42.3. The van der Waals surface area contributed by atoms with Crippen molar-refractivity contribution in [3.05, 3.63) is 54.1 Å². The quantitative estimate of drug-likeness (QED) is 0.430. The monoisotopic (exact) mass is 451 g/mol. The van der Waals surface area contributed by atoms with Crippen LogP contribution in [0.2, 0.25) is 0 Å². The van der Waals surface area contributed by atoms with Gasteiger partial charge in [-0.05, 0) is 36.8 Å². The van der Waals surface area contributed by atoms with E-state index in [4.69, 9.17) is 19.2 Å². The maximum absolute atomic E-state index is 11.6. The molecule has 32 heavy (non-hydrogen) atoms. The highest BCUT2D eigenvalue weighted by molar-refractivity contribution is 7.92. The van der Waals surface area contributed by atoms with E-state index in [-0.39, 0.29) is 6.79 Å². The van der Waals surface area contributed by atoms with E-state index in [1.807, 2.05) is 37.3 Å². The molecule has 0 atom stereocenters. The highest BCUT2D eigenvalue weighted by atomic mass is 32.2. The number of benzene rings is 3. The van der Waals surface area contributed by atoms with Crippen molar-refractivity contribution in [1.82, 2.24) is 4.98 Å². The summed E-state index contributed by atoms with van der Waals surface area (Å²) in [5, 5.41) is 5.27. The van der Waals surface area contributed by atoms with Gasteiger partial charge in [0.1, 0.15) is 5.75 Å². The summed E-state index contributed by atoms with van der Waals surface area (Å²) in [5.74, 6) is 1.81. The molecule has 9 heteroatoms. The van der Waals surface area contributed by atoms with Gasteiger partial charge in [0, 0.05) is 22.9 Å². The zero-order chi connectivity index (χ0) is 22.5. The van der Waals surface area contributed by atoms with Crippen molar-refractivity contribution in [2.75, 3.05) is 30.2 Å². The highest BCUT2D eigenvalue weighted by Gasteiger charge is 2.19. The van der Waals surface area contributed by atoms with Crippen LogP contribution in [0.4, 0.5) is 17.1 Å². The van der Waals surface area contributed by atoms with Crippen molar-refractivity contribution in [3.8, 4) is 17.2 Å². The van der Waals surface area contributed by atoms with E-state index < -0.39 is 10.0 Å². The van der Waals surface area contributed by atoms with E-state index >= 15 is 0 Å². The molecule has 1 aromatic heterocycles. The molecule has 1 aliphatic heterocycles. The molecular formula is C23H21N3O5S. The molecule has 3 aromatic carbocycles. The van der Waals surface area contributed by atoms with Crippen molar-refractivity contribution >= 4 is 48.9 Å². The van der Waals surface area contributed by atoms with E-state index in [0.29, 0.717) is 28.6 Å². The van der Waals surface area contributed by atoms with Gasteiger partial charge in [-0.1, -0.05) is 12.1 Å². The lowest BCUT2D eigenvalue weighted by atomic mass is 10.0. The second-order valence-electron chi connectivity index (χ2n) is 7.64. The first-order chi connectivity index (χ1) is 15.3. The summed E-state index contributed by atoms with van der Waals surface area (Å²) in [4.78, 5) is 4.83. The average Bonchev–Trinajstić information content (AvgIpc) is 3.19. The third kappa shape index (κ3) is 3.71. The number of aryl methyl sites for hydroxylation is 1. The van der Waals surface area contributed by atoms with Gasteiger partial charge in [-0.15, -0.1) is 0 Å². The lowest BCUT2D eigenvalue weighted by Crippen LogP contribution is -2.09. The minimum Gasteiger partial charge on any atom is -0.494 e. The molecule has 8 nitrogen and oxygen atoms in total. The van der Waals surface area contributed by atoms with Crippen LogP contribution in [0.3, 0.4) is 0 Å². The Hall–Kier alpha value is -3.72. The second-order valence-corrected chi connectivity index (χ2v) is 9.39. The minimum absolute atomic E-state index is 0.176. The van der Waals surface area contributed by atoms with Crippen LogP contribution in [0.5, 0.6) is 17.2 Å². The largest absolute Gasteiger partial charge is 0.494 e. The molecule has 0 unspecified atom stereocenters. The van der Waals surface area contributed by atoms with E-state index in [1.165, 1.54) is 7.11 Å². The first-order valence-corrected chi connectivity index (χ1v) is 11.8. The number of methoxy groups -OCH3 is 1. The van der Waals surface area contributed by atoms with Crippen LogP contribution in [0, 0.1) is 6.92 Å². The number of fused-ring (bicyclic) bond motifs is 3. The van der Waals surface area contributed by atoms with E-state index in [1.54, 1.807) is 18.2 Å². The number of rotatable bonds is 5. The Kier molecular flexibility index (Phi) is 4.70. The molecule has 0 aliphatic carbocycles. The van der Waals surface area contributed by atoms with Gasteiger partial charge in [0.25, 0.3) is 0 Å². The molecule has 0 fully saturated rings. The summed E-state index contributed by atoms with van der Waals surface area (Å²) >= 11 is 0. The Morgan fingerprint density at radius 3 is 2.47 bits per heavy atom. The lowest BCUT2D eigenvalue weighted by molar-refractivity contribution is 0.174. The second kappa shape index (κ2) is 7.45. The Morgan fingerprint density at radius 2 is 1.72 bits per heavy atom. The Bertz CT molecular complexity index is 1480.